The highest BCUT2D eigenvalue weighted by atomic mass is 19.1. The van der Waals surface area contributed by atoms with Gasteiger partial charge in [-0.1, -0.05) is 94.0 Å². The van der Waals surface area contributed by atoms with Gasteiger partial charge in [-0.25, -0.2) is 14.4 Å². The van der Waals surface area contributed by atoms with E-state index in [0.29, 0.717) is 18.9 Å². The summed E-state index contributed by atoms with van der Waals surface area (Å²) in [4.78, 5) is 36.3. The van der Waals surface area contributed by atoms with Crippen LogP contribution in [0.25, 0.3) is 27.9 Å². The molecule has 0 radical (unpaired) electrons. The number of alkyl halides is 1. The Kier molecular flexibility index (Phi) is 27.3. The van der Waals surface area contributed by atoms with Gasteiger partial charge >= 0.3 is 0 Å². The molecule has 1 unspecified atom stereocenters. The zero-order chi connectivity index (χ0) is 43.2. The quantitative estimate of drug-likeness (QED) is 0.0842. The standard InChI is InChI=1S/C15H31N3O.C14H15FN2.C11H10N2.C2H5NO.C2H6.C2H2/c1-6-9-18(10-7-2)14(19)12-17-11-8-15(3,13-17)16(4)5;1-3-11(7-5-9-15)14-12-8-4-6-10(2)13(12)16-17-14;1-9-3-5-10(6-4-9)11-12-7-2-8-13-11;1-3-2-4;2*1-2/h6-13H2,1-5H3;3-8H,9H2,1-2H3,(H,16,17);2-8H,1H3;2H,1H3,(H,3,4);1-2H3;1-2H/b;7-5-,11-3+;;;;. The van der Waals surface area contributed by atoms with E-state index >= 15 is 0 Å². The maximum Gasteiger partial charge on any atom is 0.236 e. The summed E-state index contributed by atoms with van der Waals surface area (Å²) in [6.45, 7) is 20.5. The van der Waals surface area contributed by atoms with Crippen molar-refractivity contribution in [3.05, 3.63) is 96.0 Å². The topological polar surface area (TPSA) is 110 Å². The van der Waals surface area contributed by atoms with Crippen LogP contribution < -0.4 is 5.32 Å². The molecule has 3 heterocycles. The molecule has 1 saturated heterocycles. The Hall–Kier alpha value is -5.18. The van der Waals surface area contributed by atoms with Crippen molar-refractivity contribution in [2.24, 2.45) is 0 Å². The van der Waals surface area contributed by atoms with Crippen molar-refractivity contribution < 1.29 is 14.0 Å². The van der Waals surface area contributed by atoms with Crippen LogP contribution in [0, 0.1) is 26.7 Å². The van der Waals surface area contributed by atoms with E-state index in [9.17, 15) is 9.18 Å². The molecular formula is C46H69FN8O2. The minimum Gasteiger partial charge on any atom is -0.362 e. The van der Waals surface area contributed by atoms with E-state index in [2.05, 4.69) is 102 Å². The zero-order valence-corrected chi connectivity index (χ0v) is 36.5. The first kappa shape index (κ1) is 51.8. The number of para-hydroxylation sites is 1. The second-order valence-electron chi connectivity index (χ2n) is 13.4. The Labute approximate surface area is 343 Å². The van der Waals surface area contributed by atoms with Gasteiger partial charge in [0.1, 0.15) is 6.67 Å². The monoisotopic (exact) mass is 785 g/mol. The van der Waals surface area contributed by atoms with Crippen molar-refractivity contribution in [1.29, 1.82) is 0 Å². The number of nitrogens with zero attached hydrogens (tertiary/aromatic N) is 6. The minimum absolute atomic E-state index is 0.223. The number of terminal acetylenes is 1. The first-order valence-electron chi connectivity index (χ1n) is 19.8. The lowest BCUT2D eigenvalue weighted by molar-refractivity contribution is -0.132. The zero-order valence-electron chi connectivity index (χ0n) is 36.5. The summed E-state index contributed by atoms with van der Waals surface area (Å²) in [7, 11) is 5.82. The molecule has 2 aromatic heterocycles. The van der Waals surface area contributed by atoms with E-state index < -0.39 is 6.67 Å². The van der Waals surface area contributed by atoms with Crippen LogP contribution in [-0.2, 0) is 9.59 Å². The molecule has 4 aromatic rings. The largest absolute Gasteiger partial charge is 0.362 e. The number of allylic oxidation sites excluding steroid dienone is 4. The van der Waals surface area contributed by atoms with Crippen molar-refractivity contribution in [2.45, 2.75) is 80.2 Å². The van der Waals surface area contributed by atoms with Gasteiger partial charge in [-0.15, -0.1) is 12.8 Å². The first-order chi connectivity index (χ1) is 27.5. The van der Waals surface area contributed by atoms with E-state index in [1.165, 1.54) is 11.6 Å². The number of carbonyl (C=O) groups excluding carboxylic acids is 2. The van der Waals surface area contributed by atoms with Crippen molar-refractivity contribution in [3.63, 3.8) is 0 Å². The summed E-state index contributed by atoms with van der Waals surface area (Å²) in [5.74, 6) is 1.08. The minimum atomic E-state index is -0.456. The van der Waals surface area contributed by atoms with E-state index in [1.54, 1.807) is 25.5 Å². The van der Waals surface area contributed by atoms with Gasteiger partial charge in [0, 0.05) is 62.1 Å². The maximum atomic E-state index is 12.3. The summed E-state index contributed by atoms with van der Waals surface area (Å²) in [5.41, 5.74) is 6.53. The molecular weight excluding hydrogens is 716 g/mol. The molecule has 312 valence electrons. The van der Waals surface area contributed by atoms with E-state index in [0.717, 1.165) is 84.6 Å². The number of nitrogens with one attached hydrogen (secondary N) is 2. The fourth-order valence-electron chi connectivity index (χ4n) is 5.78. The van der Waals surface area contributed by atoms with Crippen LogP contribution in [0.15, 0.2) is 79.2 Å². The molecule has 1 fully saturated rings. The van der Waals surface area contributed by atoms with Gasteiger partial charge in [-0.05, 0) is 78.3 Å². The van der Waals surface area contributed by atoms with Crippen LogP contribution in [0.2, 0.25) is 0 Å². The van der Waals surface area contributed by atoms with Crippen molar-refractivity contribution in [2.75, 3.05) is 60.5 Å². The molecule has 11 heteroatoms. The molecule has 0 aliphatic carbocycles. The normalized spacial score (nSPS) is 14.6. The molecule has 0 spiro atoms. The molecule has 57 heavy (non-hydrogen) atoms. The number of hydrogen-bond acceptors (Lipinski definition) is 7. The van der Waals surface area contributed by atoms with Crippen LogP contribution in [0.5, 0.6) is 0 Å². The molecule has 0 saturated carbocycles. The van der Waals surface area contributed by atoms with Crippen molar-refractivity contribution in [3.8, 4) is 24.2 Å². The number of aromatic nitrogens is 4. The lowest BCUT2D eigenvalue weighted by Gasteiger charge is -2.32. The number of amides is 2. The Morgan fingerprint density at radius 1 is 1.02 bits per heavy atom. The highest BCUT2D eigenvalue weighted by Crippen LogP contribution is 2.26. The van der Waals surface area contributed by atoms with Crippen LogP contribution in [0.3, 0.4) is 0 Å². The average Bonchev–Trinajstić information content (AvgIpc) is 3.85. The molecule has 2 amide bonds. The number of benzene rings is 2. The van der Waals surface area contributed by atoms with Crippen LogP contribution in [-0.4, -0.2) is 113 Å². The lowest BCUT2D eigenvalue weighted by Crippen LogP contribution is -2.46. The highest BCUT2D eigenvalue weighted by molar-refractivity contribution is 5.94. The second kappa shape index (κ2) is 30.0. The third-order valence-electron chi connectivity index (χ3n) is 9.08. The number of aryl methyl sites for hydroxylation is 2. The molecule has 0 bridgehead atoms. The van der Waals surface area contributed by atoms with Gasteiger partial charge in [0.15, 0.2) is 5.82 Å². The number of H-pyrrole nitrogens is 1. The lowest BCUT2D eigenvalue weighted by atomic mass is 10.0. The fourth-order valence-corrected chi connectivity index (χ4v) is 5.78. The smallest absolute Gasteiger partial charge is 0.236 e. The predicted molar refractivity (Wildman–Crippen MR) is 238 cm³/mol. The summed E-state index contributed by atoms with van der Waals surface area (Å²) in [5, 5.41) is 10.6. The highest BCUT2D eigenvalue weighted by Gasteiger charge is 2.36. The third kappa shape index (κ3) is 18.1. The molecule has 1 aliphatic rings. The molecule has 1 aliphatic heterocycles. The fraction of sp³-hybridized carbons (Fsp3) is 0.457. The number of rotatable bonds is 12. The van der Waals surface area contributed by atoms with Gasteiger partial charge < -0.3 is 15.1 Å². The number of fused-ring (bicyclic) bond motifs is 1. The number of hydrogen-bond donors (Lipinski definition) is 2. The van der Waals surface area contributed by atoms with E-state index in [1.807, 2.05) is 75.1 Å². The molecule has 1 atom stereocenters. The number of halogens is 1. The van der Waals surface area contributed by atoms with Gasteiger partial charge in [-0.3, -0.25) is 19.6 Å². The van der Waals surface area contributed by atoms with Gasteiger partial charge in [0.25, 0.3) is 0 Å². The summed E-state index contributed by atoms with van der Waals surface area (Å²) in [6.07, 6.45) is 20.6. The number of aromatic amines is 1. The van der Waals surface area contributed by atoms with Crippen molar-refractivity contribution >= 4 is 28.8 Å². The third-order valence-corrected chi connectivity index (χ3v) is 9.08. The Morgan fingerprint density at radius 3 is 2.11 bits per heavy atom. The van der Waals surface area contributed by atoms with Gasteiger partial charge in [-0.2, -0.15) is 5.10 Å². The Morgan fingerprint density at radius 2 is 1.61 bits per heavy atom. The maximum absolute atomic E-state index is 12.3. The molecule has 2 aromatic carbocycles. The van der Waals surface area contributed by atoms with E-state index in [4.69, 9.17) is 4.79 Å². The van der Waals surface area contributed by atoms with E-state index in [-0.39, 0.29) is 5.54 Å². The first-order valence-corrected chi connectivity index (χ1v) is 19.8. The number of likely N-dealkylation sites (tertiary alicyclic amines) is 1. The molecule has 10 nitrogen and oxygen atoms in total. The SMILES string of the molecule is C#C.C/C=C(\C=C/CF)c1[nH]nc2c(C)cccc12.CC.CCCN(CCC)C(=O)CN1CCC(C)(N(C)C)C1.CNC=O.Cc1ccc(-c2ncccn2)cc1. The Bertz CT molecular complexity index is 1750. The number of carbonyl (C=O) groups is 2. The Balaban J connectivity index is 0.000000762. The van der Waals surface area contributed by atoms with Crippen LogP contribution in [0.4, 0.5) is 4.39 Å². The predicted octanol–water partition coefficient (Wildman–Crippen LogP) is 8.55. The molecule has 2 N–H and O–H groups in total. The van der Waals surface area contributed by atoms with Gasteiger partial charge in [0.05, 0.1) is 17.8 Å². The van der Waals surface area contributed by atoms with Crippen LogP contribution in [0.1, 0.15) is 77.6 Å². The summed E-state index contributed by atoms with van der Waals surface area (Å²) in [6, 6.07) is 16.1. The molecule has 5 rings (SSSR count). The second-order valence-corrected chi connectivity index (χ2v) is 13.4. The number of likely N-dealkylation sites (N-methyl/N-ethyl adjacent to an activating group) is 1. The van der Waals surface area contributed by atoms with Gasteiger partial charge in [0.2, 0.25) is 12.3 Å². The van der Waals surface area contributed by atoms with Crippen LogP contribution >= 0.6 is 0 Å². The summed E-state index contributed by atoms with van der Waals surface area (Å²) < 4.78 is 12.2. The average molecular weight is 785 g/mol. The summed E-state index contributed by atoms with van der Waals surface area (Å²) >= 11 is 0. The van der Waals surface area contributed by atoms with Crippen molar-refractivity contribution in [1.82, 2.24) is 40.2 Å².